The van der Waals surface area contributed by atoms with Crippen molar-refractivity contribution in [2.24, 2.45) is 0 Å². The van der Waals surface area contributed by atoms with E-state index in [4.69, 9.17) is 4.74 Å². The number of methoxy groups -OCH3 is 1. The van der Waals surface area contributed by atoms with E-state index >= 15 is 0 Å². The first-order valence-electron chi connectivity index (χ1n) is 6.89. The number of carbonyl (C=O) groups excluding carboxylic acids is 2. The van der Waals surface area contributed by atoms with Crippen LogP contribution in [0.1, 0.15) is 37.0 Å². The lowest BCUT2D eigenvalue weighted by atomic mass is 10.2. The maximum atomic E-state index is 12.1. The van der Waals surface area contributed by atoms with Crippen LogP contribution in [0.15, 0.2) is 22.7 Å². The molecule has 0 radical (unpaired) electrons. The molecule has 0 aromatic heterocycles. The predicted octanol–water partition coefficient (Wildman–Crippen LogP) is 2.49. The third kappa shape index (κ3) is 5.75. The highest BCUT2D eigenvalue weighted by Gasteiger charge is 2.13. The van der Waals surface area contributed by atoms with Crippen molar-refractivity contribution in [3.8, 4) is 5.75 Å². The van der Waals surface area contributed by atoms with Crippen LogP contribution in [0.3, 0.4) is 0 Å². The number of rotatable bonds is 7. The van der Waals surface area contributed by atoms with Crippen LogP contribution >= 0.6 is 15.9 Å². The van der Waals surface area contributed by atoms with E-state index in [2.05, 4.69) is 26.6 Å². The van der Waals surface area contributed by atoms with Crippen LogP contribution < -0.4 is 15.4 Å². The van der Waals surface area contributed by atoms with E-state index in [1.165, 1.54) is 7.11 Å². The molecule has 0 spiro atoms. The summed E-state index contributed by atoms with van der Waals surface area (Å²) in [5.41, 5.74) is 0.447. The van der Waals surface area contributed by atoms with Crippen molar-refractivity contribution >= 4 is 27.7 Å². The number of benzene rings is 1. The number of nitrogens with one attached hydrogen (secondary N) is 2. The summed E-state index contributed by atoms with van der Waals surface area (Å²) in [6, 6.07) is 5.33. The summed E-state index contributed by atoms with van der Waals surface area (Å²) in [7, 11) is 1.51. The van der Waals surface area contributed by atoms with E-state index in [1.54, 1.807) is 18.2 Å². The lowest BCUT2D eigenvalue weighted by molar-refractivity contribution is -0.121. The molecule has 0 saturated heterocycles. The van der Waals surface area contributed by atoms with Crippen LogP contribution in [0.2, 0.25) is 0 Å². The highest BCUT2D eigenvalue weighted by molar-refractivity contribution is 9.10. The summed E-state index contributed by atoms with van der Waals surface area (Å²) < 4.78 is 6.01. The van der Waals surface area contributed by atoms with E-state index in [9.17, 15) is 9.59 Å². The van der Waals surface area contributed by atoms with Crippen LogP contribution in [-0.2, 0) is 4.79 Å². The Kier molecular flexibility index (Phi) is 7.22. The molecule has 2 N–H and O–H groups in total. The number of amides is 2. The van der Waals surface area contributed by atoms with Gasteiger partial charge in [-0.05, 0) is 31.5 Å². The van der Waals surface area contributed by atoms with Gasteiger partial charge in [-0.25, -0.2) is 0 Å². The van der Waals surface area contributed by atoms with E-state index < -0.39 is 0 Å². The second kappa shape index (κ2) is 8.67. The third-order valence-electron chi connectivity index (χ3n) is 3.07. The monoisotopic (exact) mass is 356 g/mol. The van der Waals surface area contributed by atoms with Crippen molar-refractivity contribution in [1.29, 1.82) is 0 Å². The Morgan fingerprint density at radius 1 is 1.38 bits per heavy atom. The van der Waals surface area contributed by atoms with Gasteiger partial charge in [0, 0.05) is 23.5 Å². The molecule has 0 fully saturated rings. The average Bonchev–Trinajstić information content (AvgIpc) is 2.46. The minimum atomic E-state index is -0.254. The van der Waals surface area contributed by atoms with E-state index in [0.29, 0.717) is 17.9 Å². The molecule has 21 heavy (non-hydrogen) atoms. The van der Waals surface area contributed by atoms with Gasteiger partial charge in [0.1, 0.15) is 5.75 Å². The molecule has 1 rings (SSSR count). The SMILES string of the molecule is CCC(C)NC(=O)CCNC(=O)c1ccc(Br)cc1OC. The van der Waals surface area contributed by atoms with Gasteiger partial charge in [0.25, 0.3) is 5.91 Å². The number of hydrogen-bond donors (Lipinski definition) is 2. The molecular weight excluding hydrogens is 336 g/mol. The summed E-state index contributed by atoms with van der Waals surface area (Å²) in [5, 5.41) is 5.57. The maximum absolute atomic E-state index is 12.1. The van der Waals surface area contributed by atoms with Gasteiger partial charge in [0.05, 0.1) is 12.7 Å². The molecule has 2 amide bonds. The first kappa shape index (κ1) is 17.5. The van der Waals surface area contributed by atoms with Crippen molar-refractivity contribution < 1.29 is 14.3 Å². The van der Waals surface area contributed by atoms with Gasteiger partial charge in [-0.15, -0.1) is 0 Å². The lowest BCUT2D eigenvalue weighted by Gasteiger charge is -2.12. The fourth-order valence-electron chi connectivity index (χ4n) is 1.69. The molecule has 0 aliphatic heterocycles. The quantitative estimate of drug-likeness (QED) is 0.788. The minimum Gasteiger partial charge on any atom is -0.496 e. The van der Waals surface area contributed by atoms with Crippen LogP contribution in [0, 0.1) is 0 Å². The standard InChI is InChI=1S/C15H21BrN2O3/c1-4-10(2)18-14(19)7-8-17-15(20)12-6-5-11(16)9-13(12)21-3/h5-6,9-10H,4,7-8H2,1-3H3,(H,17,20)(H,18,19). The molecule has 0 saturated carbocycles. The number of ether oxygens (including phenoxy) is 1. The van der Waals surface area contributed by atoms with Crippen molar-refractivity contribution in [3.05, 3.63) is 28.2 Å². The predicted molar refractivity (Wildman–Crippen MR) is 85.5 cm³/mol. The molecule has 0 aliphatic rings. The van der Waals surface area contributed by atoms with Crippen molar-refractivity contribution in [3.63, 3.8) is 0 Å². The molecule has 6 heteroatoms. The molecule has 5 nitrogen and oxygen atoms in total. The molecule has 1 aromatic rings. The Balaban J connectivity index is 2.49. The van der Waals surface area contributed by atoms with Gasteiger partial charge in [0.15, 0.2) is 0 Å². The molecule has 116 valence electrons. The van der Waals surface area contributed by atoms with E-state index in [0.717, 1.165) is 10.9 Å². The number of halogens is 1. The Bertz CT molecular complexity index is 506. The first-order valence-corrected chi connectivity index (χ1v) is 7.68. The topological polar surface area (TPSA) is 67.4 Å². The summed E-state index contributed by atoms with van der Waals surface area (Å²) in [6.45, 7) is 4.25. The fraction of sp³-hybridized carbons (Fsp3) is 0.467. The molecule has 0 bridgehead atoms. The normalized spacial score (nSPS) is 11.6. The summed E-state index contributed by atoms with van der Waals surface area (Å²) in [4.78, 5) is 23.7. The lowest BCUT2D eigenvalue weighted by Crippen LogP contribution is -2.35. The summed E-state index contributed by atoms with van der Waals surface area (Å²) in [6.07, 6.45) is 1.14. The van der Waals surface area contributed by atoms with Gasteiger partial charge < -0.3 is 15.4 Å². The molecule has 0 heterocycles. The Hall–Kier alpha value is -1.56. The maximum Gasteiger partial charge on any atom is 0.255 e. The first-order chi connectivity index (χ1) is 9.97. The molecule has 0 aliphatic carbocycles. The second-order valence-corrected chi connectivity index (χ2v) is 5.64. The van der Waals surface area contributed by atoms with Gasteiger partial charge in [-0.2, -0.15) is 0 Å². The minimum absolute atomic E-state index is 0.0626. The van der Waals surface area contributed by atoms with E-state index in [1.807, 2.05) is 13.8 Å². The number of hydrogen-bond acceptors (Lipinski definition) is 3. The summed E-state index contributed by atoms with van der Waals surface area (Å²) >= 11 is 3.32. The zero-order valence-corrected chi connectivity index (χ0v) is 14.1. The van der Waals surface area contributed by atoms with Crippen LogP contribution in [-0.4, -0.2) is 31.5 Å². The van der Waals surface area contributed by atoms with Crippen LogP contribution in [0.5, 0.6) is 5.75 Å². The van der Waals surface area contributed by atoms with Crippen LogP contribution in [0.4, 0.5) is 0 Å². The van der Waals surface area contributed by atoms with E-state index in [-0.39, 0.29) is 24.3 Å². The van der Waals surface area contributed by atoms with Gasteiger partial charge in [0.2, 0.25) is 5.91 Å². The van der Waals surface area contributed by atoms with Gasteiger partial charge >= 0.3 is 0 Å². The van der Waals surface area contributed by atoms with Gasteiger partial charge in [-0.3, -0.25) is 9.59 Å². The molecule has 1 atom stereocenters. The Labute approximate surface area is 133 Å². The summed E-state index contributed by atoms with van der Waals surface area (Å²) in [5.74, 6) is 0.175. The average molecular weight is 357 g/mol. The largest absolute Gasteiger partial charge is 0.496 e. The van der Waals surface area contributed by atoms with Crippen LogP contribution in [0.25, 0.3) is 0 Å². The molecule has 1 unspecified atom stereocenters. The Morgan fingerprint density at radius 2 is 2.10 bits per heavy atom. The molecule has 1 aromatic carbocycles. The van der Waals surface area contributed by atoms with Crippen molar-refractivity contribution in [1.82, 2.24) is 10.6 Å². The fourth-order valence-corrected chi connectivity index (χ4v) is 2.03. The van der Waals surface area contributed by atoms with Crippen molar-refractivity contribution in [2.45, 2.75) is 32.7 Å². The third-order valence-corrected chi connectivity index (χ3v) is 3.56. The highest BCUT2D eigenvalue weighted by Crippen LogP contribution is 2.23. The second-order valence-electron chi connectivity index (χ2n) is 4.73. The zero-order chi connectivity index (χ0) is 15.8. The number of carbonyl (C=O) groups is 2. The molecular formula is C15H21BrN2O3. The highest BCUT2D eigenvalue weighted by atomic mass is 79.9. The Morgan fingerprint density at radius 3 is 2.71 bits per heavy atom. The van der Waals surface area contributed by atoms with Crippen molar-refractivity contribution in [2.75, 3.05) is 13.7 Å². The smallest absolute Gasteiger partial charge is 0.255 e. The zero-order valence-electron chi connectivity index (χ0n) is 12.5. The van der Waals surface area contributed by atoms with Gasteiger partial charge in [-0.1, -0.05) is 22.9 Å².